The van der Waals surface area contributed by atoms with Crippen LogP contribution in [0.5, 0.6) is 0 Å². The van der Waals surface area contributed by atoms with Crippen molar-refractivity contribution in [3.05, 3.63) is 35.7 Å². The first kappa shape index (κ1) is 10.2. The van der Waals surface area contributed by atoms with E-state index in [4.69, 9.17) is 10.3 Å². The molecule has 0 aliphatic heterocycles. The maximum atomic E-state index is 11.7. The topological polar surface area (TPSA) is 94.0 Å². The second-order valence-electron chi connectivity index (χ2n) is 3.23. The molecule has 2 aromatic heterocycles. The molecule has 6 heteroatoms. The molecule has 0 saturated carbocycles. The van der Waals surface area contributed by atoms with E-state index < -0.39 is 0 Å². The number of carbonyl (C=O) groups is 1. The van der Waals surface area contributed by atoms with Crippen molar-refractivity contribution in [3.63, 3.8) is 0 Å². The van der Waals surface area contributed by atoms with Crippen LogP contribution in [-0.4, -0.2) is 16.0 Å². The van der Waals surface area contributed by atoms with Crippen molar-refractivity contribution in [1.29, 1.82) is 0 Å². The smallest absolute Gasteiger partial charge is 0.276 e. The predicted octanol–water partition coefficient (Wildman–Crippen LogP) is 1.21. The number of hydrogen-bond acceptors (Lipinski definition) is 5. The van der Waals surface area contributed by atoms with Crippen LogP contribution in [0.25, 0.3) is 0 Å². The van der Waals surface area contributed by atoms with Gasteiger partial charge in [0.25, 0.3) is 5.91 Å². The lowest BCUT2D eigenvalue weighted by Gasteiger charge is -2.00. The average molecular weight is 218 g/mol. The fraction of sp³-hybridized carbons (Fsp3) is 0.100. The molecule has 2 aromatic rings. The SMILES string of the molecule is Cc1cc(NC(=O)c2cccc(N)n2)on1. The third-order valence-electron chi connectivity index (χ3n) is 1.87. The number of anilines is 2. The van der Waals surface area contributed by atoms with Gasteiger partial charge in [-0.05, 0) is 19.1 Å². The van der Waals surface area contributed by atoms with E-state index in [1.165, 1.54) is 0 Å². The van der Waals surface area contributed by atoms with E-state index in [9.17, 15) is 4.79 Å². The number of nitrogens with zero attached hydrogens (tertiary/aromatic N) is 2. The summed E-state index contributed by atoms with van der Waals surface area (Å²) in [5, 5.41) is 6.17. The van der Waals surface area contributed by atoms with E-state index in [0.29, 0.717) is 11.5 Å². The number of nitrogens with two attached hydrogens (primary N) is 1. The van der Waals surface area contributed by atoms with Crippen LogP contribution in [0.15, 0.2) is 28.8 Å². The highest BCUT2D eigenvalue weighted by molar-refractivity contribution is 6.02. The fourth-order valence-corrected chi connectivity index (χ4v) is 1.18. The Kier molecular flexibility index (Phi) is 2.55. The van der Waals surface area contributed by atoms with Crippen molar-refractivity contribution in [2.75, 3.05) is 11.1 Å². The minimum Gasteiger partial charge on any atom is -0.384 e. The molecule has 3 N–H and O–H groups in total. The van der Waals surface area contributed by atoms with Crippen molar-refractivity contribution in [2.45, 2.75) is 6.92 Å². The Morgan fingerprint density at radius 3 is 2.94 bits per heavy atom. The molecule has 0 spiro atoms. The first-order valence-electron chi connectivity index (χ1n) is 4.62. The lowest BCUT2D eigenvalue weighted by Crippen LogP contribution is -2.13. The summed E-state index contributed by atoms with van der Waals surface area (Å²) < 4.78 is 4.85. The monoisotopic (exact) mass is 218 g/mol. The predicted molar refractivity (Wildman–Crippen MR) is 57.8 cm³/mol. The van der Waals surface area contributed by atoms with E-state index in [1.807, 2.05) is 0 Å². The van der Waals surface area contributed by atoms with Gasteiger partial charge >= 0.3 is 0 Å². The van der Waals surface area contributed by atoms with Gasteiger partial charge in [-0.1, -0.05) is 11.2 Å². The molecule has 0 bridgehead atoms. The Bertz CT molecular complexity index is 521. The highest BCUT2D eigenvalue weighted by Gasteiger charge is 2.10. The largest absolute Gasteiger partial charge is 0.384 e. The maximum Gasteiger partial charge on any atom is 0.276 e. The summed E-state index contributed by atoms with van der Waals surface area (Å²) in [4.78, 5) is 15.5. The highest BCUT2D eigenvalue weighted by atomic mass is 16.5. The number of amides is 1. The van der Waals surface area contributed by atoms with Gasteiger partial charge in [0.15, 0.2) is 0 Å². The number of aryl methyl sites for hydroxylation is 1. The van der Waals surface area contributed by atoms with Crippen LogP contribution in [0.3, 0.4) is 0 Å². The van der Waals surface area contributed by atoms with Crippen LogP contribution < -0.4 is 11.1 Å². The molecule has 0 fully saturated rings. The molecule has 0 aliphatic carbocycles. The number of rotatable bonds is 2. The third-order valence-corrected chi connectivity index (χ3v) is 1.87. The van der Waals surface area contributed by atoms with Crippen molar-refractivity contribution >= 4 is 17.6 Å². The molecule has 6 nitrogen and oxygen atoms in total. The van der Waals surface area contributed by atoms with Gasteiger partial charge in [0.1, 0.15) is 11.5 Å². The van der Waals surface area contributed by atoms with Gasteiger partial charge in [-0.15, -0.1) is 0 Å². The van der Waals surface area contributed by atoms with Gasteiger partial charge in [-0.3, -0.25) is 10.1 Å². The standard InChI is InChI=1S/C10H10N4O2/c1-6-5-9(16-14-6)13-10(15)7-3-2-4-8(11)12-7/h2-5H,1H3,(H2,11,12)(H,13,15). The van der Waals surface area contributed by atoms with E-state index >= 15 is 0 Å². The van der Waals surface area contributed by atoms with Gasteiger partial charge in [-0.2, -0.15) is 0 Å². The van der Waals surface area contributed by atoms with Crippen LogP contribution in [-0.2, 0) is 0 Å². The van der Waals surface area contributed by atoms with Gasteiger partial charge in [0.2, 0.25) is 5.88 Å². The summed E-state index contributed by atoms with van der Waals surface area (Å²) in [5.41, 5.74) is 6.39. The Labute approximate surface area is 91.5 Å². The highest BCUT2D eigenvalue weighted by Crippen LogP contribution is 2.10. The van der Waals surface area contributed by atoms with Gasteiger partial charge in [-0.25, -0.2) is 4.98 Å². The lowest BCUT2D eigenvalue weighted by molar-refractivity contribution is 0.101. The van der Waals surface area contributed by atoms with E-state index in [0.717, 1.165) is 0 Å². The second-order valence-corrected chi connectivity index (χ2v) is 3.23. The summed E-state index contributed by atoms with van der Waals surface area (Å²) in [7, 11) is 0. The van der Waals surface area contributed by atoms with Crippen LogP contribution in [0.2, 0.25) is 0 Å². The molecule has 0 radical (unpaired) electrons. The van der Waals surface area contributed by atoms with Crippen molar-refractivity contribution in [1.82, 2.24) is 10.1 Å². The Balaban J connectivity index is 2.14. The molecule has 2 rings (SSSR count). The molecule has 16 heavy (non-hydrogen) atoms. The van der Waals surface area contributed by atoms with Crippen LogP contribution in [0, 0.1) is 6.92 Å². The molecule has 2 heterocycles. The summed E-state index contributed by atoms with van der Waals surface area (Å²) in [5.74, 6) is 0.191. The van der Waals surface area contributed by atoms with Crippen molar-refractivity contribution in [2.24, 2.45) is 0 Å². The second kappa shape index (κ2) is 4.01. The summed E-state index contributed by atoms with van der Waals surface area (Å²) in [6.45, 7) is 1.76. The number of pyridine rings is 1. The summed E-state index contributed by atoms with van der Waals surface area (Å²) in [6, 6.07) is 6.44. The quantitative estimate of drug-likeness (QED) is 0.790. The van der Waals surface area contributed by atoms with E-state index in [2.05, 4.69) is 15.5 Å². The van der Waals surface area contributed by atoms with Crippen LogP contribution in [0.1, 0.15) is 16.2 Å². The number of aromatic nitrogens is 2. The zero-order valence-corrected chi connectivity index (χ0v) is 8.60. The minimum absolute atomic E-state index is 0.231. The van der Waals surface area contributed by atoms with Gasteiger partial charge in [0.05, 0.1) is 5.69 Å². The van der Waals surface area contributed by atoms with Gasteiger partial charge < -0.3 is 10.3 Å². The maximum absolute atomic E-state index is 11.7. The summed E-state index contributed by atoms with van der Waals surface area (Å²) >= 11 is 0. The molecule has 0 aromatic carbocycles. The molecule has 0 unspecified atom stereocenters. The zero-order valence-electron chi connectivity index (χ0n) is 8.60. The fourth-order valence-electron chi connectivity index (χ4n) is 1.18. The Morgan fingerprint density at radius 1 is 1.50 bits per heavy atom. The number of hydrogen-bond donors (Lipinski definition) is 2. The lowest BCUT2D eigenvalue weighted by atomic mass is 10.3. The van der Waals surface area contributed by atoms with E-state index in [-0.39, 0.29) is 17.5 Å². The van der Waals surface area contributed by atoms with Crippen LogP contribution in [0.4, 0.5) is 11.7 Å². The zero-order chi connectivity index (χ0) is 11.5. The van der Waals surface area contributed by atoms with Crippen LogP contribution >= 0.6 is 0 Å². The summed E-state index contributed by atoms with van der Waals surface area (Å²) in [6.07, 6.45) is 0. The average Bonchev–Trinajstić information content (AvgIpc) is 2.64. The Hall–Kier alpha value is -2.37. The van der Waals surface area contributed by atoms with Crippen molar-refractivity contribution < 1.29 is 9.32 Å². The number of carbonyl (C=O) groups excluding carboxylic acids is 1. The molecule has 0 saturated heterocycles. The number of nitrogen functional groups attached to an aromatic ring is 1. The minimum atomic E-state index is -0.386. The van der Waals surface area contributed by atoms with E-state index in [1.54, 1.807) is 31.2 Å². The molecule has 82 valence electrons. The molecule has 0 atom stereocenters. The first-order chi connectivity index (χ1) is 7.65. The molecule has 1 amide bonds. The first-order valence-corrected chi connectivity index (χ1v) is 4.62. The Morgan fingerprint density at radius 2 is 2.31 bits per heavy atom. The normalized spacial score (nSPS) is 10.1. The van der Waals surface area contributed by atoms with Crippen molar-refractivity contribution in [3.8, 4) is 0 Å². The number of nitrogens with one attached hydrogen (secondary N) is 1. The molecular weight excluding hydrogens is 208 g/mol. The third kappa shape index (κ3) is 2.17. The molecule has 0 aliphatic rings. The molecular formula is C10H10N4O2. The van der Waals surface area contributed by atoms with Gasteiger partial charge in [0, 0.05) is 6.07 Å².